The van der Waals surface area contributed by atoms with Crippen molar-refractivity contribution in [1.29, 1.82) is 0 Å². The highest BCUT2D eigenvalue weighted by molar-refractivity contribution is 7.92. The minimum Gasteiger partial charge on any atom is -0.314 e. The lowest BCUT2D eigenvalue weighted by molar-refractivity contribution is 0.532. The zero-order chi connectivity index (χ0) is 15.6. The van der Waals surface area contributed by atoms with Gasteiger partial charge >= 0.3 is 0 Å². The molecule has 2 aromatic heterocycles. The van der Waals surface area contributed by atoms with Crippen LogP contribution < -0.4 is 10.0 Å². The summed E-state index contributed by atoms with van der Waals surface area (Å²) in [7, 11) is -1.97. The molecule has 0 fully saturated rings. The van der Waals surface area contributed by atoms with Gasteiger partial charge in [0.1, 0.15) is 4.90 Å². The summed E-state index contributed by atoms with van der Waals surface area (Å²) in [5, 5.41) is 13.7. The molecule has 0 saturated carbocycles. The Morgan fingerprint density at radius 3 is 2.71 bits per heavy atom. The van der Waals surface area contributed by atoms with Crippen LogP contribution in [0.1, 0.15) is 31.3 Å². The van der Waals surface area contributed by atoms with Crippen molar-refractivity contribution in [2.75, 3.05) is 11.8 Å². The van der Waals surface area contributed by atoms with Crippen LogP contribution in [0.25, 0.3) is 0 Å². The van der Waals surface area contributed by atoms with Crippen LogP contribution in [0.4, 0.5) is 5.69 Å². The largest absolute Gasteiger partial charge is 0.314 e. The summed E-state index contributed by atoms with van der Waals surface area (Å²) in [6.07, 6.45) is 3.15. The van der Waals surface area contributed by atoms with E-state index in [-0.39, 0.29) is 10.9 Å². The van der Waals surface area contributed by atoms with Gasteiger partial charge in [-0.15, -0.1) is 0 Å². The fraction of sp³-hybridized carbons (Fsp3) is 0.500. The highest BCUT2D eigenvalue weighted by Crippen LogP contribution is 2.21. The molecule has 0 atom stereocenters. The molecule has 2 rings (SSSR count). The van der Waals surface area contributed by atoms with Gasteiger partial charge in [-0.3, -0.25) is 14.5 Å². The first kappa shape index (κ1) is 15.5. The van der Waals surface area contributed by atoms with Crippen LogP contribution in [-0.4, -0.2) is 35.4 Å². The Morgan fingerprint density at radius 1 is 1.43 bits per heavy atom. The standard InChI is InChI=1S/C12H20N6O2S/c1-8(2)18-7-10(5-14-18)17-21(19,20)12-9(3)15-16-11(12)6-13-4/h5,7-8,13,17H,6H2,1-4H3,(H,15,16). The lowest BCUT2D eigenvalue weighted by Crippen LogP contribution is -2.17. The lowest BCUT2D eigenvalue weighted by atomic mass is 10.4. The first-order chi connectivity index (χ1) is 9.85. The minimum atomic E-state index is -3.70. The first-order valence-corrected chi connectivity index (χ1v) is 8.09. The molecular formula is C12H20N6O2S. The third-order valence-electron chi connectivity index (χ3n) is 2.96. The van der Waals surface area contributed by atoms with E-state index in [2.05, 4.69) is 25.3 Å². The Hall–Kier alpha value is -1.87. The molecule has 9 heteroatoms. The third-order valence-corrected chi connectivity index (χ3v) is 4.54. The van der Waals surface area contributed by atoms with Crippen molar-refractivity contribution in [2.45, 2.75) is 38.3 Å². The summed E-state index contributed by atoms with van der Waals surface area (Å²) < 4.78 is 29.3. The van der Waals surface area contributed by atoms with E-state index in [0.29, 0.717) is 23.6 Å². The summed E-state index contributed by atoms with van der Waals surface area (Å²) in [4.78, 5) is 0.175. The number of anilines is 1. The van der Waals surface area contributed by atoms with Crippen molar-refractivity contribution >= 4 is 15.7 Å². The number of sulfonamides is 1. The van der Waals surface area contributed by atoms with E-state index in [1.54, 1.807) is 24.9 Å². The number of aryl methyl sites for hydroxylation is 1. The maximum atomic E-state index is 12.5. The van der Waals surface area contributed by atoms with Crippen molar-refractivity contribution in [3.63, 3.8) is 0 Å². The summed E-state index contributed by atoms with van der Waals surface area (Å²) in [5.74, 6) is 0. The summed E-state index contributed by atoms with van der Waals surface area (Å²) >= 11 is 0. The van der Waals surface area contributed by atoms with Crippen LogP contribution >= 0.6 is 0 Å². The summed E-state index contributed by atoms with van der Waals surface area (Å²) in [6.45, 7) is 5.98. The number of nitrogens with one attached hydrogen (secondary N) is 3. The van der Waals surface area contributed by atoms with Crippen LogP contribution in [0.2, 0.25) is 0 Å². The van der Waals surface area contributed by atoms with Gasteiger partial charge in [-0.05, 0) is 27.8 Å². The van der Waals surface area contributed by atoms with E-state index in [4.69, 9.17) is 0 Å². The smallest absolute Gasteiger partial charge is 0.265 e. The van der Waals surface area contributed by atoms with Crippen molar-refractivity contribution in [1.82, 2.24) is 25.3 Å². The van der Waals surface area contributed by atoms with Gasteiger partial charge in [-0.1, -0.05) is 0 Å². The Bertz CT molecular complexity index is 716. The fourth-order valence-electron chi connectivity index (χ4n) is 1.99. The van der Waals surface area contributed by atoms with Gasteiger partial charge in [0.25, 0.3) is 10.0 Å². The maximum absolute atomic E-state index is 12.5. The van der Waals surface area contributed by atoms with E-state index < -0.39 is 10.0 Å². The second-order valence-electron chi connectivity index (χ2n) is 5.06. The minimum absolute atomic E-state index is 0.166. The van der Waals surface area contributed by atoms with Crippen molar-refractivity contribution in [2.24, 2.45) is 0 Å². The first-order valence-electron chi connectivity index (χ1n) is 6.60. The van der Waals surface area contributed by atoms with Gasteiger partial charge in [0.2, 0.25) is 0 Å². The van der Waals surface area contributed by atoms with Crippen molar-refractivity contribution in [3.8, 4) is 0 Å². The number of hydrogen-bond acceptors (Lipinski definition) is 5. The zero-order valence-corrected chi connectivity index (χ0v) is 13.3. The van der Waals surface area contributed by atoms with Gasteiger partial charge in [0.15, 0.2) is 0 Å². The fourth-order valence-corrected chi connectivity index (χ4v) is 3.39. The Morgan fingerprint density at radius 2 is 2.14 bits per heavy atom. The molecule has 0 spiro atoms. The molecule has 0 amide bonds. The second kappa shape index (κ2) is 5.86. The van der Waals surface area contributed by atoms with Crippen molar-refractivity contribution < 1.29 is 8.42 Å². The molecule has 2 heterocycles. The molecule has 0 aliphatic carbocycles. The lowest BCUT2D eigenvalue weighted by Gasteiger charge is -2.07. The SMILES string of the molecule is CNCc1n[nH]c(C)c1S(=O)(=O)Nc1cnn(C(C)C)c1. The van der Waals surface area contributed by atoms with E-state index in [9.17, 15) is 8.42 Å². The highest BCUT2D eigenvalue weighted by Gasteiger charge is 2.24. The number of H-pyrrole nitrogens is 1. The van der Waals surface area contributed by atoms with E-state index in [1.807, 2.05) is 13.8 Å². The van der Waals surface area contributed by atoms with Gasteiger partial charge in [0.05, 0.1) is 23.3 Å². The van der Waals surface area contributed by atoms with Crippen LogP contribution in [0.15, 0.2) is 17.3 Å². The van der Waals surface area contributed by atoms with E-state index in [1.165, 1.54) is 6.20 Å². The second-order valence-corrected chi connectivity index (χ2v) is 6.68. The molecule has 3 N–H and O–H groups in total. The Kier molecular flexibility index (Phi) is 4.33. The monoisotopic (exact) mass is 312 g/mol. The topological polar surface area (TPSA) is 105 Å². The molecule has 0 saturated heterocycles. The van der Waals surface area contributed by atoms with Gasteiger partial charge in [-0.2, -0.15) is 10.2 Å². The molecule has 21 heavy (non-hydrogen) atoms. The number of hydrogen-bond donors (Lipinski definition) is 3. The number of nitrogens with zero attached hydrogens (tertiary/aromatic N) is 3. The van der Waals surface area contributed by atoms with Gasteiger partial charge in [0, 0.05) is 18.8 Å². The molecular weight excluding hydrogens is 292 g/mol. The summed E-state index contributed by atoms with van der Waals surface area (Å²) in [6, 6.07) is 0.166. The highest BCUT2D eigenvalue weighted by atomic mass is 32.2. The van der Waals surface area contributed by atoms with Crippen molar-refractivity contribution in [3.05, 3.63) is 23.8 Å². The third kappa shape index (κ3) is 3.24. The molecule has 0 aliphatic rings. The quantitative estimate of drug-likeness (QED) is 0.738. The van der Waals surface area contributed by atoms with Gasteiger partial charge < -0.3 is 5.32 Å². The van der Waals surface area contributed by atoms with Crippen LogP contribution in [-0.2, 0) is 16.6 Å². The van der Waals surface area contributed by atoms with Crippen LogP contribution in [0.5, 0.6) is 0 Å². The molecule has 0 aliphatic heterocycles. The molecule has 2 aromatic rings. The predicted octanol–water partition coefficient (Wildman–Crippen LogP) is 1.02. The average molecular weight is 312 g/mol. The van der Waals surface area contributed by atoms with E-state index >= 15 is 0 Å². The predicted molar refractivity (Wildman–Crippen MR) is 79.5 cm³/mol. The molecule has 0 unspecified atom stereocenters. The molecule has 0 aromatic carbocycles. The van der Waals surface area contributed by atoms with Crippen LogP contribution in [0, 0.1) is 6.92 Å². The number of rotatable bonds is 6. The number of aromatic amines is 1. The normalized spacial score (nSPS) is 12.0. The zero-order valence-electron chi connectivity index (χ0n) is 12.5. The molecule has 0 bridgehead atoms. The van der Waals surface area contributed by atoms with E-state index in [0.717, 1.165) is 0 Å². The van der Waals surface area contributed by atoms with Gasteiger partial charge in [-0.25, -0.2) is 8.42 Å². The molecule has 8 nitrogen and oxygen atoms in total. The Balaban J connectivity index is 2.31. The average Bonchev–Trinajstić information content (AvgIpc) is 2.97. The molecule has 0 radical (unpaired) electrons. The Labute approximate surface area is 124 Å². The molecule has 116 valence electrons. The summed E-state index contributed by atoms with van der Waals surface area (Å²) in [5.41, 5.74) is 1.39. The van der Waals surface area contributed by atoms with Crippen LogP contribution in [0.3, 0.4) is 0 Å². The maximum Gasteiger partial charge on any atom is 0.265 e. The number of aromatic nitrogens is 4.